The highest BCUT2D eigenvalue weighted by atomic mass is 16.4. The molecule has 0 bridgehead atoms. The number of hydrogen-bond donors (Lipinski definition) is 1. The smallest absolute Gasteiger partial charge is 0.407 e. The summed E-state index contributed by atoms with van der Waals surface area (Å²) in [4.78, 5) is 12.1. The van der Waals surface area contributed by atoms with Gasteiger partial charge >= 0.3 is 6.09 Å². The molecule has 1 amide bonds. The van der Waals surface area contributed by atoms with Gasteiger partial charge in [0.2, 0.25) is 0 Å². The number of nitrogens with zero attached hydrogens (tertiary/aromatic N) is 1. The van der Waals surface area contributed by atoms with Gasteiger partial charge in [-0.2, -0.15) is 0 Å². The second-order valence-electron chi connectivity index (χ2n) is 3.98. The molecule has 3 nitrogen and oxygen atoms in total. The van der Waals surface area contributed by atoms with Crippen LogP contribution in [0.1, 0.15) is 39.0 Å². The number of hydrogen-bond acceptors (Lipinski definition) is 1. The zero-order valence-corrected chi connectivity index (χ0v) is 8.49. The molecule has 13 heavy (non-hydrogen) atoms. The highest BCUT2D eigenvalue weighted by Gasteiger charge is 2.25. The van der Waals surface area contributed by atoms with Crippen LogP contribution >= 0.6 is 0 Å². The Morgan fingerprint density at radius 3 is 2.31 bits per heavy atom. The van der Waals surface area contributed by atoms with E-state index in [1.807, 2.05) is 0 Å². The lowest BCUT2D eigenvalue weighted by Crippen LogP contribution is -2.38. The first-order chi connectivity index (χ1) is 6.15. The van der Waals surface area contributed by atoms with E-state index in [4.69, 9.17) is 5.11 Å². The molecule has 76 valence electrons. The molecule has 1 N–H and O–H groups in total. The van der Waals surface area contributed by atoms with Crippen LogP contribution in [0.15, 0.2) is 0 Å². The molecule has 0 aliphatic heterocycles. The summed E-state index contributed by atoms with van der Waals surface area (Å²) in [7, 11) is 1.68. The van der Waals surface area contributed by atoms with Crippen molar-refractivity contribution in [1.82, 2.24) is 4.90 Å². The molecular weight excluding hydrogens is 166 g/mol. The Morgan fingerprint density at radius 2 is 1.92 bits per heavy atom. The average Bonchev–Trinajstić information content (AvgIpc) is 2.17. The average molecular weight is 185 g/mol. The molecule has 0 radical (unpaired) electrons. The summed E-state index contributed by atoms with van der Waals surface area (Å²) in [6, 6.07) is 0.264. The summed E-state index contributed by atoms with van der Waals surface area (Å²) in [6.07, 6.45) is 4.92. The van der Waals surface area contributed by atoms with Crippen molar-refractivity contribution in [3.8, 4) is 0 Å². The van der Waals surface area contributed by atoms with Crippen LogP contribution in [0.4, 0.5) is 4.79 Å². The molecule has 0 saturated heterocycles. The van der Waals surface area contributed by atoms with Crippen molar-refractivity contribution in [3.63, 3.8) is 0 Å². The van der Waals surface area contributed by atoms with Crippen LogP contribution < -0.4 is 0 Å². The molecule has 0 atom stereocenters. The summed E-state index contributed by atoms with van der Waals surface area (Å²) in [5.74, 6) is 0.832. The fraction of sp³-hybridized carbons (Fsp3) is 0.900. The van der Waals surface area contributed by atoms with E-state index in [0.29, 0.717) is 0 Å². The van der Waals surface area contributed by atoms with Crippen LogP contribution in [0.2, 0.25) is 0 Å². The maximum atomic E-state index is 10.7. The molecule has 1 rings (SSSR count). The van der Waals surface area contributed by atoms with Gasteiger partial charge in [-0.05, 0) is 31.6 Å². The Morgan fingerprint density at radius 1 is 1.38 bits per heavy atom. The first-order valence-corrected chi connectivity index (χ1v) is 5.11. The van der Waals surface area contributed by atoms with E-state index in [1.165, 1.54) is 24.2 Å². The van der Waals surface area contributed by atoms with Crippen LogP contribution in [0.5, 0.6) is 0 Å². The van der Waals surface area contributed by atoms with Crippen molar-refractivity contribution in [2.75, 3.05) is 7.05 Å². The number of carboxylic acid groups (broad SMARTS) is 1. The fourth-order valence-corrected chi connectivity index (χ4v) is 2.10. The number of carbonyl (C=O) groups is 1. The Labute approximate surface area is 79.7 Å². The maximum absolute atomic E-state index is 10.7. The molecule has 1 aliphatic rings. The third kappa shape index (κ3) is 2.61. The zero-order valence-electron chi connectivity index (χ0n) is 8.49. The molecule has 0 aromatic heterocycles. The van der Waals surface area contributed by atoms with E-state index in [-0.39, 0.29) is 6.04 Å². The van der Waals surface area contributed by atoms with Gasteiger partial charge in [-0.15, -0.1) is 0 Å². The summed E-state index contributed by atoms with van der Waals surface area (Å²) < 4.78 is 0. The highest BCUT2D eigenvalue weighted by Crippen LogP contribution is 2.28. The quantitative estimate of drug-likeness (QED) is 0.718. The van der Waals surface area contributed by atoms with Crippen molar-refractivity contribution in [2.45, 2.75) is 45.1 Å². The fourth-order valence-electron chi connectivity index (χ4n) is 2.10. The van der Waals surface area contributed by atoms with Gasteiger partial charge in [-0.3, -0.25) is 0 Å². The van der Waals surface area contributed by atoms with Crippen molar-refractivity contribution >= 4 is 6.09 Å². The first kappa shape index (κ1) is 10.4. The SMILES string of the molecule is CCC1CCC(N(C)C(=O)O)CC1. The summed E-state index contributed by atoms with van der Waals surface area (Å²) in [5, 5.41) is 8.78. The minimum atomic E-state index is -0.792. The van der Waals surface area contributed by atoms with E-state index in [1.54, 1.807) is 7.05 Å². The van der Waals surface area contributed by atoms with Gasteiger partial charge in [0.25, 0.3) is 0 Å². The number of rotatable bonds is 2. The van der Waals surface area contributed by atoms with Gasteiger partial charge in [-0.1, -0.05) is 13.3 Å². The van der Waals surface area contributed by atoms with Crippen molar-refractivity contribution in [2.24, 2.45) is 5.92 Å². The minimum Gasteiger partial charge on any atom is -0.465 e. The lowest BCUT2D eigenvalue weighted by Gasteiger charge is -2.32. The van der Waals surface area contributed by atoms with Gasteiger partial charge in [-0.25, -0.2) is 4.79 Å². The van der Waals surface area contributed by atoms with Gasteiger partial charge in [0.15, 0.2) is 0 Å². The summed E-state index contributed by atoms with van der Waals surface area (Å²) in [5.41, 5.74) is 0. The largest absolute Gasteiger partial charge is 0.465 e. The van der Waals surface area contributed by atoms with Gasteiger partial charge < -0.3 is 10.0 Å². The second-order valence-corrected chi connectivity index (χ2v) is 3.98. The highest BCUT2D eigenvalue weighted by molar-refractivity contribution is 5.64. The van der Waals surface area contributed by atoms with E-state index < -0.39 is 6.09 Å². The van der Waals surface area contributed by atoms with Gasteiger partial charge in [0, 0.05) is 13.1 Å². The van der Waals surface area contributed by atoms with Crippen LogP contribution in [0.25, 0.3) is 0 Å². The van der Waals surface area contributed by atoms with Crippen molar-refractivity contribution in [1.29, 1.82) is 0 Å². The molecule has 3 heteroatoms. The third-order valence-corrected chi connectivity index (χ3v) is 3.24. The summed E-state index contributed by atoms with van der Waals surface area (Å²) in [6.45, 7) is 2.21. The predicted octanol–water partition coefficient (Wildman–Crippen LogP) is 2.57. The Bertz CT molecular complexity index is 174. The molecule has 0 spiro atoms. The van der Waals surface area contributed by atoms with Crippen molar-refractivity contribution < 1.29 is 9.90 Å². The standard InChI is InChI=1S/C10H19NO2/c1-3-8-4-6-9(7-5-8)11(2)10(12)13/h8-9H,3-7H2,1-2H3,(H,12,13). The Kier molecular flexibility index (Phi) is 3.58. The molecule has 0 unspecified atom stereocenters. The molecule has 1 fully saturated rings. The van der Waals surface area contributed by atoms with Crippen LogP contribution in [-0.2, 0) is 0 Å². The van der Waals surface area contributed by atoms with Crippen LogP contribution in [0.3, 0.4) is 0 Å². The predicted molar refractivity (Wildman–Crippen MR) is 51.8 cm³/mol. The normalized spacial score (nSPS) is 28.5. The molecular formula is C10H19NO2. The van der Waals surface area contributed by atoms with E-state index in [2.05, 4.69) is 6.92 Å². The second kappa shape index (κ2) is 4.49. The maximum Gasteiger partial charge on any atom is 0.407 e. The van der Waals surface area contributed by atoms with Crippen LogP contribution in [-0.4, -0.2) is 29.2 Å². The van der Waals surface area contributed by atoms with Crippen molar-refractivity contribution in [3.05, 3.63) is 0 Å². The number of amides is 1. The van der Waals surface area contributed by atoms with E-state index >= 15 is 0 Å². The summed E-state index contributed by atoms with van der Waals surface area (Å²) >= 11 is 0. The monoisotopic (exact) mass is 185 g/mol. The Hall–Kier alpha value is -0.730. The lowest BCUT2D eigenvalue weighted by molar-refractivity contribution is 0.118. The zero-order chi connectivity index (χ0) is 9.84. The third-order valence-electron chi connectivity index (χ3n) is 3.24. The molecule has 0 aromatic rings. The van der Waals surface area contributed by atoms with E-state index in [0.717, 1.165) is 18.8 Å². The van der Waals surface area contributed by atoms with Crippen LogP contribution in [0, 0.1) is 5.92 Å². The topological polar surface area (TPSA) is 40.5 Å². The van der Waals surface area contributed by atoms with Gasteiger partial charge in [0.1, 0.15) is 0 Å². The minimum absolute atomic E-state index is 0.264. The van der Waals surface area contributed by atoms with E-state index in [9.17, 15) is 4.79 Å². The molecule has 0 heterocycles. The molecule has 1 saturated carbocycles. The Balaban J connectivity index is 2.36. The molecule has 1 aliphatic carbocycles. The molecule has 0 aromatic carbocycles. The lowest BCUT2D eigenvalue weighted by atomic mass is 9.84. The van der Waals surface area contributed by atoms with Gasteiger partial charge in [0.05, 0.1) is 0 Å². The first-order valence-electron chi connectivity index (χ1n) is 5.11.